The van der Waals surface area contributed by atoms with E-state index in [9.17, 15) is 9.90 Å². The number of nitrogens with one attached hydrogen (secondary N) is 1. The maximum atomic E-state index is 11.2. The summed E-state index contributed by atoms with van der Waals surface area (Å²) in [5.41, 5.74) is 1.72. The van der Waals surface area contributed by atoms with Crippen LogP contribution in [-0.2, 0) is 16.0 Å². The van der Waals surface area contributed by atoms with E-state index in [1.165, 1.54) is 0 Å². The van der Waals surface area contributed by atoms with E-state index in [0.29, 0.717) is 12.3 Å². The van der Waals surface area contributed by atoms with Crippen LogP contribution in [0.3, 0.4) is 0 Å². The molecule has 1 saturated heterocycles. The zero-order chi connectivity index (χ0) is 12.7. The van der Waals surface area contributed by atoms with Gasteiger partial charge in [-0.15, -0.1) is 0 Å². The second-order valence-electron chi connectivity index (χ2n) is 5.33. The fourth-order valence-corrected chi connectivity index (χ4v) is 2.96. The molecular formula is C13H18N2O3. The molecule has 0 bridgehead atoms. The standard InChI is InChI=1S/C13H18N2O3/c1-7-5-6-18-11(7)12-14-9-4-2-3-8(13(16)17)10(9)15-12/h7-8,11H,2-6H2,1H3,(H,14,15)(H,16,17). The first-order valence-electron chi connectivity index (χ1n) is 6.60. The van der Waals surface area contributed by atoms with E-state index in [2.05, 4.69) is 16.9 Å². The molecule has 5 heteroatoms. The van der Waals surface area contributed by atoms with Crippen LogP contribution in [0.15, 0.2) is 0 Å². The number of aromatic nitrogens is 2. The number of H-pyrrole nitrogens is 1. The summed E-state index contributed by atoms with van der Waals surface area (Å²) >= 11 is 0. The predicted octanol–water partition coefficient (Wildman–Crippen LogP) is 2.01. The van der Waals surface area contributed by atoms with Gasteiger partial charge in [0.15, 0.2) is 0 Å². The lowest BCUT2D eigenvalue weighted by molar-refractivity contribution is -0.139. The van der Waals surface area contributed by atoms with Gasteiger partial charge in [-0.1, -0.05) is 6.92 Å². The molecule has 98 valence electrons. The van der Waals surface area contributed by atoms with Crippen molar-refractivity contribution in [3.63, 3.8) is 0 Å². The Morgan fingerprint density at radius 1 is 1.50 bits per heavy atom. The van der Waals surface area contributed by atoms with Crippen LogP contribution in [-0.4, -0.2) is 27.7 Å². The van der Waals surface area contributed by atoms with Crippen molar-refractivity contribution in [3.8, 4) is 0 Å². The molecule has 1 fully saturated rings. The molecule has 2 aliphatic rings. The number of imidazole rings is 1. The van der Waals surface area contributed by atoms with Crippen molar-refractivity contribution in [3.05, 3.63) is 17.2 Å². The highest BCUT2D eigenvalue weighted by molar-refractivity contribution is 5.76. The van der Waals surface area contributed by atoms with Gasteiger partial charge >= 0.3 is 5.97 Å². The molecule has 0 amide bonds. The van der Waals surface area contributed by atoms with Gasteiger partial charge in [0.05, 0.1) is 5.69 Å². The van der Waals surface area contributed by atoms with Crippen LogP contribution in [0, 0.1) is 5.92 Å². The summed E-state index contributed by atoms with van der Waals surface area (Å²) in [6.07, 6.45) is 3.54. The molecule has 1 aromatic rings. The largest absolute Gasteiger partial charge is 0.481 e. The number of hydrogen-bond acceptors (Lipinski definition) is 3. The van der Waals surface area contributed by atoms with Crippen molar-refractivity contribution in [2.45, 2.75) is 44.6 Å². The summed E-state index contributed by atoms with van der Waals surface area (Å²) < 4.78 is 5.68. The first-order valence-corrected chi connectivity index (χ1v) is 6.60. The van der Waals surface area contributed by atoms with E-state index in [0.717, 1.165) is 43.1 Å². The summed E-state index contributed by atoms with van der Waals surface area (Å²) in [5, 5.41) is 9.23. The van der Waals surface area contributed by atoms with Crippen LogP contribution < -0.4 is 0 Å². The topological polar surface area (TPSA) is 75.2 Å². The molecule has 0 radical (unpaired) electrons. The summed E-state index contributed by atoms with van der Waals surface area (Å²) in [6, 6.07) is 0. The average molecular weight is 250 g/mol. The number of aliphatic carboxylic acids is 1. The number of nitrogens with zero attached hydrogens (tertiary/aromatic N) is 1. The molecule has 0 saturated carbocycles. The molecule has 1 aliphatic carbocycles. The number of fused-ring (bicyclic) bond motifs is 1. The summed E-state index contributed by atoms with van der Waals surface area (Å²) in [6.45, 7) is 2.91. The van der Waals surface area contributed by atoms with Crippen molar-refractivity contribution in [1.82, 2.24) is 9.97 Å². The van der Waals surface area contributed by atoms with Crippen LogP contribution in [0.1, 0.15) is 55.4 Å². The van der Waals surface area contributed by atoms with Gasteiger partial charge in [-0.05, 0) is 31.6 Å². The Bertz CT molecular complexity index is 469. The summed E-state index contributed by atoms with van der Waals surface area (Å²) in [4.78, 5) is 19.0. The average Bonchev–Trinajstić information content (AvgIpc) is 2.92. The maximum Gasteiger partial charge on any atom is 0.312 e. The van der Waals surface area contributed by atoms with Gasteiger partial charge in [0, 0.05) is 12.3 Å². The van der Waals surface area contributed by atoms with Gasteiger partial charge in [0.25, 0.3) is 0 Å². The van der Waals surface area contributed by atoms with Crippen LogP contribution >= 0.6 is 0 Å². The molecule has 3 atom stereocenters. The number of carbonyl (C=O) groups is 1. The van der Waals surface area contributed by atoms with Crippen LogP contribution in [0.5, 0.6) is 0 Å². The van der Waals surface area contributed by atoms with Gasteiger partial charge in [-0.25, -0.2) is 4.98 Å². The molecule has 3 rings (SSSR count). The van der Waals surface area contributed by atoms with Gasteiger partial charge in [-0.3, -0.25) is 4.79 Å². The lowest BCUT2D eigenvalue weighted by Crippen LogP contribution is -2.17. The number of rotatable bonds is 2. The Labute approximate surface area is 106 Å². The highest BCUT2D eigenvalue weighted by Crippen LogP contribution is 2.36. The molecule has 3 unspecified atom stereocenters. The molecule has 18 heavy (non-hydrogen) atoms. The molecule has 2 N–H and O–H groups in total. The number of ether oxygens (including phenoxy) is 1. The number of aryl methyl sites for hydroxylation is 1. The normalized spacial score (nSPS) is 31.3. The Morgan fingerprint density at radius 2 is 2.33 bits per heavy atom. The maximum absolute atomic E-state index is 11.2. The number of aromatic amines is 1. The van der Waals surface area contributed by atoms with E-state index in [1.54, 1.807) is 0 Å². The Morgan fingerprint density at radius 3 is 3.00 bits per heavy atom. The fraction of sp³-hybridized carbons (Fsp3) is 0.692. The van der Waals surface area contributed by atoms with Crippen molar-refractivity contribution in [2.75, 3.05) is 6.61 Å². The number of hydrogen-bond donors (Lipinski definition) is 2. The highest BCUT2D eigenvalue weighted by atomic mass is 16.5. The second-order valence-corrected chi connectivity index (χ2v) is 5.33. The molecule has 2 heterocycles. The monoisotopic (exact) mass is 250 g/mol. The molecule has 1 aliphatic heterocycles. The minimum Gasteiger partial charge on any atom is -0.481 e. The zero-order valence-corrected chi connectivity index (χ0v) is 10.5. The fourth-order valence-electron chi connectivity index (χ4n) is 2.96. The third-order valence-corrected chi connectivity index (χ3v) is 4.03. The molecule has 5 nitrogen and oxygen atoms in total. The zero-order valence-electron chi connectivity index (χ0n) is 10.5. The van der Waals surface area contributed by atoms with Gasteiger partial charge in [0.2, 0.25) is 0 Å². The first kappa shape index (κ1) is 11.7. The van der Waals surface area contributed by atoms with E-state index in [-0.39, 0.29) is 6.10 Å². The Hall–Kier alpha value is -1.36. The van der Waals surface area contributed by atoms with E-state index >= 15 is 0 Å². The predicted molar refractivity (Wildman–Crippen MR) is 64.4 cm³/mol. The molecule has 1 aromatic heterocycles. The van der Waals surface area contributed by atoms with E-state index < -0.39 is 11.9 Å². The highest BCUT2D eigenvalue weighted by Gasteiger charge is 2.34. The van der Waals surface area contributed by atoms with Gasteiger partial charge in [0.1, 0.15) is 17.8 Å². The van der Waals surface area contributed by atoms with Crippen LogP contribution in [0.25, 0.3) is 0 Å². The molecular weight excluding hydrogens is 232 g/mol. The smallest absolute Gasteiger partial charge is 0.312 e. The Kier molecular flexibility index (Phi) is 2.86. The van der Waals surface area contributed by atoms with Crippen LogP contribution in [0.4, 0.5) is 0 Å². The van der Waals surface area contributed by atoms with Gasteiger partial charge < -0.3 is 14.8 Å². The second kappa shape index (κ2) is 4.39. The number of carboxylic acid groups (broad SMARTS) is 1. The third-order valence-electron chi connectivity index (χ3n) is 4.03. The minimum absolute atomic E-state index is 0.00467. The quantitative estimate of drug-likeness (QED) is 0.842. The minimum atomic E-state index is -0.769. The third kappa shape index (κ3) is 1.82. The lowest BCUT2D eigenvalue weighted by atomic mass is 9.90. The van der Waals surface area contributed by atoms with E-state index in [4.69, 9.17) is 4.74 Å². The van der Waals surface area contributed by atoms with Crippen LogP contribution in [0.2, 0.25) is 0 Å². The Balaban J connectivity index is 1.93. The number of carboxylic acids is 1. The summed E-state index contributed by atoms with van der Waals surface area (Å²) in [5.74, 6) is 0.0453. The summed E-state index contributed by atoms with van der Waals surface area (Å²) in [7, 11) is 0. The lowest BCUT2D eigenvalue weighted by Gasteiger charge is -2.16. The van der Waals surface area contributed by atoms with E-state index in [1.807, 2.05) is 0 Å². The van der Waals surface area contributed by atoms with Gasteiger partial charge in [-0.2, -0.15) is 0 Å². The van der Waals surface area contributed by atoms with Crippen molar-refractivity contribution < 1.29 is 14.6 Å². The molecule has 0 aromatic carbocycles. The molecule has 0 spiro atoms. The first-order chi connectivity index (χ1) is 8.66. The van der Waals surface area contributed by atoms with Crippen molar-refractivity contribution in [1.29, 1.82) is 0 Å². The van der Waals surface area contributed by atoms with Crippen molar-refractivity contribution >= 4 is 5.97 Å². The van der Waals surface area contributed by atoms with Crippen molar-refractivity contribution in [2.24, 2.45) is 5.92 Å². The SMILES string of the molecule is CC1CCOC1c1nc2c([nH]1)CCCC2C(=O)O.